The minimum atomic E-state index is -0.834. The van der Waals surface area contributed by atoms with Crippen LogP contribution in [-0.4, -0.2) is 28.6 Å². The molecule has 0 saturated carbocycles. The average molecular weight is 182 g/mol. The van der Waals surface area contributed by atoms with E-state index in [0.717, 1.165) is 0 Å². The van der Waals surface area contributed by atoms with Crippen LogP contribution in [0.3, 0.4) is 0 Å². The molecule has 0 spiro atoms. The summed E-state index contributed by atoms with van der Waals surface area (Å²) in [5, 5.41) is 8.79. The second kappa shape index (κ2) is 3.53. The van der Waals surface area contributed by atoms with Crippen LogP contribution in [-0.2, 0) is 14.1 Å². The van der Waals surface area contributed by atoms with Gasteiger partial charge in [-0.2, -0.15) is 0 Å². The Balaban J connectivity index is 2.37. The molecule has 0 aromatic carbocycles. The van der Waals surface area contributed by atoms with Crippen LogP contribution in [0, 0.1) is 0 Å². The number of hydrogen-bond donors (Lipinski definition) is 1. The first-order chi connectivity index (χ1) is 4.74. The SMILES string of the molecule is O=C(OP)[C@@H]1O[C@@H](O)CS1. The lowest BCUT2D eigenvalue weighted by atomic mass is 10.7. The molecule has 1 N–H and O–H groups in total. The summed E-state index contributed by atoms with van der Waals surface area (Å²) >= 11 is 1.22. The van der Waals surface area contributed by atoms with E-state index in [1.54, 1.807) is 0 Å². The van der Waals surface area contributed by atoms with E-state index >= 15 is 0 Å². The summed E-state index contributed by atoms with van der Waals surface area (Å²) in [5.41, 5.74) is -0.660. The average Bonchev–Trinajstić information content (AvgIpc) is 2.34. The van der Waals surface area contributed by atoms with Gasteiger partial charge in [-0.25, -0.2) is 4.79 Å². The Bertz CT molecular complexity index is 141. The normalized spacial score (nSPS) is 32.2. The second-order valence-electron chi connectivity index (χ2n) is 1.69. The minimum absolute atomic E-state index is 0.421. The quantitative estimate of drug-likeness (QED) is 0.565. The number of aliphatic hydroxyl groups excluding tert-OH is 1. The highest BCUT2D eigenvalue weighted by molar-refractivity contribution is 8.00. The molecule has 10 heavy (non-hydrogen) atoms. The van der Waals surface area contributed by atoms with Crippen LogP contribution in [0.25, 0.3) is 0 Å². The topological polar surface area (TPSA) is 55.8 Å². The van der Waals surface area contributed by atoms with Crippen molar-refractivity contribution in [2.24, 2.45) is 0 Å². The van der Waals surface area contributed by atoms with E-state index in [-0.39, 0.29) is 0 Å². The summed E-state index contributed by atoms with van der Waals surface area (Å²) < 4.78 is 9.05. The molecular weight excluding hydrogens is 175 g/mol. The highest BCUT2D eigenvalue weighted by atomic mass is 32.2. The second-order valence-corrected chi connectivity index (χ2v) is 3.02. The fourth-order valence-corrected chi connectivity index (χ4v) is 1.61. The van der Waals surface area contributed by atoms with E-state index in [4.69, 9.17) is 9.84 Å². The summed E-state index contributed by atoms with van der Waals surface area (Å²) in [6.45, 7) is 0. The number of hydrogen-bond acceptors (Lipinski definition) is 5. The highest BCUT2D eigenvalue weighted by Gasteiger charge is 2.30. The number of ether oxygens (including phenoxy) is 1. The van der Waals surface area contributed by atoms with Crippen molar-refractivity contribution in [2.75, 3.05) is 5.75 Å². The lowest BCUT2D eigenvalue weighted by molar-refractivity contribution is -0.150. The third kappa shape index (κ3) is 1.83. The zero-order valence-corrected chi connectivity index (χ0v) is 6.99. The van der Waals surface area contributed by atoms with Gasteiger partial charge >= 0.3 is 5.97 Å². The molecule has 0 aliphatic carbocycles. The van der Waals surface area contributed by atoms with Gasteiger partial charge in [0.05, 0.1) is 9.47 Å². The van der Waals surface area contributed by atoms with Gasteiger partial charge in [-0.1, -0.05) is 0 Å². The molecule has 1 aliphatic rings. The predicted molar refractivity (Wildman–Crippen MR) is 39.1 cm³/mol. The summed E-state index contributed by atoms with van der Waals surface area (Å²) in [7, 11) is 1.84. The van der Waals surface area contributed by atoms with Gasteiger partial charge in [-0.05, 0) is 0 Å². The van der Waals surface area contributed by atoms with E-state index in [1.165, 1.54) is 11.8 Å². The van der Waals surface area contributed by atoms with Crippen LogP contribution in [0.4, 0.5) is 0 Å². The molecule has 1 aliphatic heterocycles. The van der Waals surface area contributed by atoms with Crippen molar-refractivity contribution >= 4 is 27.2 Å². The summed E-state index contributed by atoms with van der Waals surface area (Å²) in [6.07, 6.45) is -0.834. The molecule has 58 valence electrons. The van der Waals surface area contributed by atoms with Crippen LogP contribution in [0.1, 0.15) is 0 Å². The number of thioether (sulfide) groups is 1. The Labute approximate surface area is 64.6 Å². The third-order valence-electron chi connectivity index (χ3n) is 0.979. The standard InChI is InChI=1S/C4H7O4PS/c5-2-1-10-4(7-2)3(6)8-9/h2,4-5H,1,9H2/t2-,4-/m1/s1. The minimum Gasteiger partial charge on any atom is -0.449 e. The fourth-order valence-electron chi connectivity index (χ4n) is 0.570. The summed E-state index contributed by atoms with van der Waals surface area (Å²) in [6, 6.07) is 0. The molecule has 0 aromatic rings. The first-order valence-corrected chi connectivity index (χ1v) is 4.12. The van der Waals surface area contributed by atoms with Gasteiger partial charge in [0.25, 0.3) is 0 Å². The predicted octanol–water partition coefficient (Wildman–Crippen LogP) is -0.272. The zero-order valence-electron chi connectivity index (χ0n) is 5.02. The Hall–Kier alpha value is 0.170. The van der Waals surface area contributed by atoms with Crippen LogP contribution in [0.5, 0.6) is 0 Å². The Kier molecular flexibility index (Phi) is 2.92. The molecular formula is C4H7O4PS. The first kappa shape index (κ1) is 8.27. The highest BCUT2D eigenvalue weighted by Crippen LogP contribution is 2.24. The van der Waals surface area contributed by atoms with Crippen LogP contribution in [0.15, 0.2) is 0 Å². The molecule has 0 radical (unpaired) electrons. The molecule has 3 atom stereocenters. The maximum Gasteiger partial charge on any atom is 0.348 e. The number of rotatable bonds is 1. The smallest absolute Gasteiger partial charge is 0.348 e. The van der Waals surface area contributed by atoms with Gasteiger partial charge in [0.1, 0.15) is 0 Å². The molecule has 1 fully saturated rings. The van der Waals surface area contributed by atoms with Gasteiger partial charge in [-0.15, -0.1) is 11.8 Å². The fraction of sp³-hybridized carbons (Fsp3) is 0.750. The van der Waals surface area contributed by atoms with Gasteiger partial charge in [-0.3, -0.25) is 0 Å². The number of carbonyl (C=O) groups is 1. The van der Waals surface area contributed by atoms with Crippen molar-refractivity contribution in [3.8, 4) is 0 Å². The van der Waals surface area contributed by atoms with E-state index < -0.39 is 17.7 Å². The molecule has 1 rings (SSSR count). The Morgan fingerprint density at radius 1 is 1.90 bits per heavy atom. The molecule has 1 unspecified atom stereocenters. The molecule has 0 aromatic heterocycles. The van der Waals surface area contributed by atoms with Crippen molar-refractivity contribution < 1.29 is 19.2 Å². The van der Waals surface area contributed by atoms with Crippen molar-refractivity contribution in [3.05, 3.63) is 0 Å². The maximum atomic E-state index is 10.7. The van der Waals surface area contributed by atoms with Gasteiger partial charge < -0.3 is 14.4 Å². The van der Waals surface area contributed by atoms with E-state index in [1.807, 2.05) is 9.47 Å². The van der Waals surface area contributed by atoms with Gasteiger partial charge in [0, 0.05) is 5.75 Å². The van der Waals surface area contributed by atoms with Crippen molar-refractivity contribution in [1.82, 2.24) is 0 Å². The lowest BCUT2D eigenvalue weighted by Gasteiger charge is -2.04. The summed E-state index contributed by atoms with van der Waals surface area (Å²) in [5.74, 6) is -0.0590. The van der Waals surface area contributed by atoms with Crippen molar-refractivity contribution in [2.45, 2.75) is 11.7 Å². The molecule has 0 amide bonds. The van der Waals surface area contributed by atoms with Crippen molar-refractivity contribution in [1.29, 1.82) is 0 Å². The van der Waals surface area contributed by atoms with Crippen LogP contribution < -0.4 is 0 Å². The van der Waals surface area contributed by atoms with E-state index in [0.29, 0.717) is 5.75 Å². The maximum absolute atomic E-state index is 10.7. The third-order valence-corrected chi connectivity index (χ3v) is 2.30. The van der Waals surface area contributed by atoms with Gasteiger partial charge in [0.2, 0.25) is 5.44 Å². The lowest BCUT2D eigenvalue weighted by Crippen LogP contribution is -2.19. The van der Waals surface area contributed by atoms with Crippen LogP contribution >= 0.6 is 21.2 Å². The largest absolute Gasteiger partial charge is 0.449 e. The summed E-state index contributed by atoms with van der Waals surface area (Å²) in [4.78, 5) is 10.7. The zero-order chi connectivity index (χ0) is 7.56. The number of carbonyl (C=O) groups excluding carboxylic acids is 1. The Morgan fingerprint density at radius 2 is 2.60 bits per heavy atom. The molecule has 4 nitrogen and oxygen atoms in total. The first-order valence-electron chi connectivity index (χ1n) is 2.59. The Morgan fingerprint density at radius 3 is 3.00 bits per heavy atom. The van der Waals surface area contributed by atoms with Crippen LogP contribution in [0.2, 0.25) is 0 Å². The monoisotopic (exact) mass is 182 g/mol. The number of aliphatic hydroxyl groups is 1. The van der Waals surface area contributed by atoms with Gasteiger partial charge in [0.15, 0.2) is 6.29 Å². The van der Waals surface area contributed by atoms with E-state index in [2.05, 4.69) is 4.52 Å². The van der Waals surface area contributed by atoms with Crippen molar-refractivity contribution in [3.63, 3.8) is 0 Å². The molecule has 1 saturated heterocycles. The van der Waals surface area contributed by atoms with E-state index in [9.17, 15) is 4.79 Å². The molecule has 6 heteroatoms. The molecule has 1 heterocycles. The molecule has 0 bridgehead atoms.